The van der Waals surface area contributed by atoms with Gasteiger partial charge < -0.3 is 15.2 Å². The van der Waals surface area contributed by atoms with Crippen molar-refractivity contribution in [3.63, 3.8) is 0 Å². The van der Waals surface area contributed by atoms with E-state index in [1.165, 1.54) is 5.56 Å². The first-order chi connectivity index (χ1) is 7.68. The first-order valence-corrected chi connectivity index (χ1v) is 5.74. The van der Waals surface area contributed by atoms with E-state index in [2.05, 4.69) is 32.0 Å². The van der Waals surface area contributed by atoms with E-state index < -0.39 is 5.79 Å². The standard InChI is InChI=1S/C13H19NO2/c1-10-4-5-11(2)12(8-10)13(9-14)15-6-3-7-16-13/h4-5,8H,3,6-7,9,14H2,1-2H3. The number of ether oxygens (including phenoxy) is 2. The molecule has 2 N–H and O–H groups in total. The van der Waals surface area contributed by atoms with Crippen LogP contribution in [0, 0.1) is 13.8 Å². The minimum Gasteiger partial charge on any atom is -0.345 e. The highest BCUT2D eigenvalue weighted by molar-refractivity contribution is 5.34. The molecule has 1 aliphatic heterocycles. The molecule has 3 nitrogen and oxygen atoms in total. The van der Waals surface area contributed by atoms with Crippen molar-refractivity contribution >= 4 is 0 Å². The third-order valence-electron chi connectivity index (χ3n) is 3.03. The molecule has 0 spiro atoms. The molecule has 0 atom stereocenters. The van der Waals surface area contributed by atoms with Gasteiger partial charge in [-0.25, -0.2) is 0 Å². The molecule has 1 fully saturated rings. The summed E-state index contributed by atoms with van der Waals surface area (Å²) in [5.74, 6) is -0.728. The summed E-state index contributed by atoms with van der Waals surface area (Å²) < 4.78 is 11.6. The van der Waals surface area contributed by atoms with Crippen molar-refractivity contribution in [1.82, 2.24) is 0 Å². The third kappa shape index (κ3) is 1.98. The summed E-state index contributed by atoms with van der Waals surface area (Å²) in [6, 6.07) is 6.28. The van der Waals surface area contributed by atoms with Gasteiger partial charge in [-0.1, -0.05) is 23.8 Å². The average Bonchev–Trinajstić information content (AvgIpc) is 2.33. The van der Waals surface area contributed by atoms with Crippen molar-refractivity contribution < 1.29 is 9.47 Å². The van der Waals surface area contributed by atoms with Crippen LogP contribution < -0.4 is 5.73 Å². The molecule has 1 aliphatic rings. The van der Waals surface area contributed by atoms with Gasteiger partial charge >= 0.3 is 0 Å². The Labute approximate surface area is 96.5 Å². The van der Waals surface area contributed by atoms with Crippen LogP contribution in [0.1, 0.15) is 23.1 Å². The summed E-state index contributed by atoms with van der Waals surface area (Å²) in [6.45, 7) is 5.91. The van der Waals surface area contributed by atoms with Crippen molar-refractivity contribution in [1.29, 1.82) is 0 Å². The van der Waals surface area contributed by atoms with E-state index >= 15 is 0 Å². The number of hydrogen-bond acceptors (Lipinski definition) is 3. The Kier molecular flexibility index (Phi) is 3.28. The molecule has 1 aromatic carbocycles. The Bertz CT molecular complexity index is 370. The molecular weight excluding hydrogens is 202 g/mol. The summed E-state index contributed by atoms with van der Waals surface area (Å²) in [7, 11) is 0. The predicted octanol–water partition coefficient (Wildman–Crippen LogP) is 1.85. The molecule has 16 heavy (non-hydrogen) atoms. The van der Waals surface area contributed by atoms with E-state index in [1.807, 2.05) is 0 Å². The fraction of sp³-hybridized carbons (Fsp3) is 0.538. The van der Waals surface area contributed by atoms with E-state index in [0.717, 1.165) is 17.5 Å². The zero-order valence-corrected chi connectivity index (χ0v) is 9.95. The lowest BCUT2D eigenvalue weighted by Gasteiger charge is -2.37. The van der Waals surface area contributed by atoms with Crippen LogP contribution in [-0.2, 0) is 15.3 Å². The van der Waals surface area contributed by atoms with Crippen molar-refractivity contribution in [2.45, 2.75) is 26.1 Å². The van der Waals surface area contributed by atoms with Crippen molar-refractivity contribution in [2.75, 3.05) is 19.8 Å². The second-order valence-corrected chi connectivity index (χ2v) is 4.33. The van der Waals surface area contributed by atoms with Crippen LogP contribution in [0.3, 0.4) is 0 Å². The SMILES string of the molecule is Cc1ccc(C)c(C2(CN)OCCCO2)c1. The average molecular weight is 221 g/mol. The monoisotopic (exact) mass is 221 g/mol. The van der Waals surface area contributed by atoms with Crippen molar-refractivity contribution in [2.24, 2.45) is 5.73 Å². The summed E-state index contributed by atoms with van der Waals surface area (Å²) >= 11 is 0. The number of hydrogen-bond donors (Lipinski definition) is 1. The second-order valence-electron chi connectivity index (χ2n) is 4.33. The molecule has 0 amide bonds. The minimum atomic E-state index is -0.728. The normalized spacial score (nSPS) is 19.7. The Morgan fingerprint density at radius 3 is 2.56 bits per heavy atom. The largest absolute Gasteiger partial charge is 0.345 e. The number of nitrogens with two attached hydrogens (primary N) is 1. The van der Waals surface area contributed by atoms with Crippen molar-refractivity contribution in [3.05, 3.63) is 34.9 Å². The lowest BCUT2D eigenvalue weighted by Crippen LogP contribution is -2.44. The van der Waals surface area contributed by atoms with Gasteiger partial charge in [0.25, 0.3) is 0 Å². The van der Waals surface area contributed by atoms with E-state index in [-0.39, 0.29) is 0 Å². The molecule has 0 aliphatic carbocycles. The summed E-state index contributed by atoms with van der Waals surface area (Å²) in [6.07, 6.45) is 0.937. The highest BCUT2D eigenvalue weighted by Crippen LogP contribution is 2.32. The first kappa shape index (κ1) is 11.6. The van der Waals surface area contributed by atoms with Crippen LogP contribution in [0.25, 0.3) is 0 Å². The molecule has 0 bridgehead atoms. The van der Waals surface area contributed by atoms with E-state index in [1.54, 1.807) is 0 Å². The predicted molar refractivity (Wildman–Crippen MR) is 63.2 cm³/mol. The Balaban J connectivity index is 2.42. The van der Waals surface area contributed by atoms with Crippen LogP contribution in [0.4, 0.5) is 0 Å². The molecular formula is C13H19NO2. The number of aryl methyl sites for hydroxylation is 2. The summed E-state index contributed by atoms with van der Waals surface area (Å²) in [5, 5.41) is 0. The van der Waals surface area contributed by atoms with Crippen LogP contribution in [0.5, 0.6) is 0 Å². The highest BCUT2D eigenvalue weighted by atomic mass is 16.7. The van der Waals surface area contributed by atoms with E-state index in [4.69, 9.17) is 15.2 Å². The first-order valence-electron chi connectivity index (χ1n) is 5.74. The zero-order valence-electron chi connectivity index (χ0n) is 9.95. The molecule has 0 radical (unpaired) electrons. The third-order valence-corrected chi connectivity index (χ3v) is 3.03. The topological polar surface area (TPSA) is 44.5 Å². The highest BCUT2D eigenvalue weighted by Gasteiger charge is 2.36. The fourth-order valence-corrected chi connectivity index (χ4v) is 2.10. The number of benzene rings is 1. The molecule has 88 valence electrons. The maximum atomic E-state index is 5.84. The van der Waals surface area contributed by atoms with E-state index in [9.17, 15) is 0 Å². The van der Waals surface area contributed by atoms with E-state index in [0.29, 0.717) is 19.8 Å². The minimum absolute atomic E-state index is 0.358. The van der Waals surface area contributed by atoms with Gasteiger partial charge in [0, 0.05) is 5.56 Å². The molecule has 0 saturated carbocycles. The quantitative estimate of drug-likeness (QED) is 0.829. The molecule has 3 heteroatoms. The molecule has 0 unspecified atom stereocenters. The lowest BCUT2D eigenvalue weighted by molar-refractivity contribution is -0.270. The van der Waals surface area contributed by atoms with Crippen LogP contribution in [0.15, 0.2) is 18.2 Å². The van der Waals surface area contributed by atoms with Gasteiger partial charge in [0.05, 0.1) is 19.8 Å². The maximum Gasteiger partial charge on any atom is 0.207 e. The summed E-state index contributed by atoms with van der Waals surface area (Å²) in [5.41, 5.74) is 9.27. The number of rotatable bonds is 2. The Morgan fingerprint density at radius 1 is 1.25 bits per heavy atom. The van der Waals surface area contributed by atoms with Gasteiger partial charge in [0.15, 0.2) is 0 Å². The zero-order chi connectivity index (χ0) is 11.6. The fourth-order valence-electron chi connectivity index (χ4n) is 2.10. The van der Waals surface area contributed by atoms with Crippen LogP contribution in [0.2, 0.25) is 0 Å². The summed E-state index contributed by atoms with van der Waals surface area (Å²) in [4.78, 5) is 0. The van der Waals surface area contributed by atoms with Gasteiger partial charge in [-0.05, 0) is 25.8 Å². The molecule has 1 saturated heterocycles. The molecule has 0 aromatic heterocycles. The molecule has 1 aromatic rings. The van der Waals surface area contributed by atoms with Gasteiger partial charge in [-0.2, -0.15) is 0 Å². The Hall–Kier alpha value is -0.900. The molecule has 1 heterocycles. The Morgan fingerprint density at radius 2 is 1.94 bits per heavy atom. The van der Waals surface area contributed by atoms with Gasteiger partial charge in [-0.15, -0.1) is 0 Å². The van der Waals surface area contributed by atoms with Crippen LogP contribution in [-0.4, -0.2) is 19.8 Å². The maximum absolute atomic E-state index is 5.84. The van der Waals surface area contributed by atoms with Crippen LogP contribution >= 0.6 is 0 Å². The van der Waals surface area contributed by atoms with Crippen molar-refractivity contribution in [3.8, 4) is 0 Å². The second kappa shape index (κ2) is 4.53. The van der Waals surface area contributed by atoms with Gasteiger partial charge in [0.1, 0.15) is 0 Å². The lowest BCUT2D eigenvalue weighted by atomic mass is 9.97. The molecule has 2 rings (SSSR count). The van der Waals surface area contributed by atoms with Gasteiger partial charge in [-0.3, -0.25) is 0 Å². The smallest absolute Gasteiger partial charge is 0.207 e. The van der Waals surface area contributed by atoms with Gasteiger partial charge in [0.2, 0.25) is 5.79 Å².